The van der Waals surface area contributed by atoms with Gasteiger partial charge in [-0.25, -0.2) is 4.79 Å². The average molecular weight is 232 g/mol. The average Bonchev–Trinajstić information content (AvgIpc) is 2.59. The normalized spacial score (nSPS) is 25.5. The summed E-state index contributed by atoms with van der Waals surface area (Å²) in [5.41, 5.74) is -0.489. The van der Waals surface area contributed by atoms with Gasteiger partial charge in [0.25, 0.3) is 0 Å². The second kappa shape index (κ2) is 5.48. The van der Waals surface area contributed by atoms with Crippen LogP contribution in [0.1, 0.15) is 20.8 Å². The fourth-order valence-electron chi connectivity index (χ4n) is 1.74. The van der Waals surface area contributed by atoms with Crippen LogP contribution in [0.2, 0.25) is 0 Å². The maximum Gasteiger partial charge on any atom is 0.407 e. The maximum atomic E-state index is 12.6. The zero-order valence-corrected chi connectivity index (χ0v) is 10.2. The summed E-state index contributed by atoms with van der Waals surface area (Å²) in [6.07, 6.45) is -0.433. The van der Waals surface area contributed by atoms with Gasteiger partial charge in [-0.15, -0.1) is 0 Å². The van der Waals surface area contributed by atoms with Crippen LogP contribution in [0.5, 0.6) is 0 Å². The summed E-state index contributed by atoms with van der Waals surface area (Å²) >= 11 is 0. The standard InChI is InChI=1S/C11H21FN2O2/c1-11(2,3)16-10(15)14-7-9-6-13-5-8(9)4-12/h8-9,13H,4-7H2,1-3H3,(H,14,15)/t8-,9-/m0/s1. The molecule has 1 amide bonds. The number of hydrogen-bond donors (Lipinski definition) is 2. The van der Waals surface area contributed by atoms with E-state index in [1.165, 1.54) is 0 Å². The fraction of sp³-hybridized carbons (Fsp3) is 0.909. The highest BCUT2D eigenvalue weighted by Gasteiger charge is 2.27. The van der Waals surface area contributed by atoms with Crippen LogP contribution < -0.4 is 10.6 Å². The van der Waals surface area contributed by atoms with Gasteiger partial charge >= 0.3 is 6.09 Å². The van der Waals surface area contributed by atoms with Crippen molar-refractivity contribution in [2.75, 3.05) is 26.3 Å². The van der Waals surface area contributed by atoms with Gasteiger partial charge in [-0.2, -0.15) is 0 Å². The van der Waals surface area contributed by atoms with Gasteiger partial charge in [-0.1, -0.05) is 0 Å². The van der Waals surface area contributed by atoms with Crippen molar-refractivity contribution < 1.29 is 13.9 Å². The van der Waals surface area contributed by atoms with Crippen molar-refractivity contribution >= 4 is 6.09 Å². The molecule has 0 aromatic rings. The molecule has 1 aliphatic heterocycles. The minimum absolute atomic E-state index is 0.00920. The van der Waals surface area contributed by atoms with Crippen molar-refractivity contribution in [2.45, 2.75) is 26.4 Å². The van der Waals surface area contributed by atoms with Crippen molar-refractivity contribution in [3.8, 4) is 0 Å². The molecule has 16 heavy (non-hydrogen) atoms. The number of rotatable bonds is 3. The highest BCUT2D eigenvalue weighted by molar-refractivity contribution is 5.67. The van der Waals surface area contributed by atoms with E-state index in [9.17, 15) is 9.18 Å². The van der Waals surface area contributed by atoms with E-state index in [1.807, 2.05) is 20.8 Å². The summed E-state index contributed by atoms with van der Waals surface area (Å²) in [6.45, 7) is 7.02. The predicted octanol–water partition coefficient (Wildman–Crippen LogP) is 1.32. The number of halogens is 1. The van der Waals surface area contributed by atoms with Gasteiger partial charge in [0.05, 0.1) is 6.67 Å². The molecular weight excluding hydrogens is 211 g/mol. The first-order valence-corrected chi connectivity index (χ1v) is 5.66. The van der Waals surface area contributed by atoms with Crippen molar-refractivity contribution in [1.82, 2.24) is 10.6 Å². The smallest absolute Gasteiger partial charge is 0.407 e. The first kappa shape index (κ1) is 13.2. The van der Waals surface area contributed by atoms with Crippen LogP contribution in [-0.4, -0.2) is 38.0 Å². The van der Waals surface area contributed by atoms with Crippen LogP contribution in [-0.2, 0) is 4.74 Å². The van der Waals surface area contributed by atoms with E-state index >= 15 is 0 Å². The lowest BCUT2D eigenvalue weighted by Gasteiger charge is -2.21. The van der Waals surface area contributed by atoms with Gasteiger partial charge in [0.1, 0.15) is 5.60 Å². The molecule has 2 N–H and O–H groups in total. The van der Waals surface area contributed by atoms with Crippen LogP contribution in [0, 0.1) is 11.8 Å². The molecule has 1 aliphatic rings. The summed E-state index contributed by atoms with van der Waals surface area (Å²) in [5.74, 6) is 0.174. The first-order chi connectivity index (χ1) is 7.42. The van der Waals surface area contributed by atoms with E-state index < -0.39 is 11.7 Å². The van der Waals surface area contributed by atoms with Crippen molar-refractivity contribution in [3.05, 3.63) is 0 Å². The lowest BCUT2D eigenvalue weighted by Crippen LogP contribution is -2.37. The van der Waals surface area contributed by atoms with Crippen molar-refractivity contribution in [2.24, 2.45) is 11.8 Å². The van der Waals surface area contributed by atoms with E-state index in [0.717, 1.165) is 6.54 Å². The molecule has 1 heterocycles. The van der Waals surface area contributed by atoms with Gasteiger partial charge in [-0.3, -0.25) is 4.39 Å². The Morgan fingerprint density at radius 1 is 1.44 bits per heavy atom. The quantitative estimate of drug-likeness (QED) is 0.771. The van der Waals surface area contributed by atoms with Gasteiger partial charge in [-0.05, 0) is 26.7 Å². The van der Waals surface area contributed by atoms with Gasteiger partial charge in [0.15, 0.2) is 0 Å². The van der Waals surface area contributed by atoms with Crippen molar-refractivity contribution in [3.63, 3.8) is 0 Å². The molecule has 0 saturated carbocycles. The molecule has 0 aromatic heterocycles. The molecule has 0 unspecified atom stereocenters. The molecule has 5 heteroatoms. The van der Waals surface area contributed by atoms with Crippen LogP contribution in [0.3, 0.4) is 0 Å². The highest BCUT2D eigenvalue weighted by atomic mass is 19.1. The molecule has 0 radical (unpaired) electrons. The zero-order valence-electron chi connectivity index (χ0n) is 10.2. The Morgan fingerprint density at radius 3 is 2.62 bits per heavy atom. The number of carbonyl (C=O) groups is 1. The number of hydrogen-bond acceptors (Lipinski definition) is 3. The molecule has 2 atom stereocenters. The lowest BCUT2D eigenvalue weighted by molar-refractivity contribution is 0.0515. The minimum Gasteiger partial charge on any atom is -0.444 e. The molecule has 0 bridgehead atoms. The molecule has 94 valence electrons. The third-order valence-corrected chi connectivity index (χ3v) is 2.59. The Labute approximate surface area is 95.9 Å². The summed E-state index contributed by atoms with van der Waals surface area (Å²) < 4.78 is 17.7. The van der Waals surface area contributed by atoms with Crippen LogP contribution in [0.4, 0.5) is 9.18 Å². The topological polar surface area (TPSA) is 50.4 Å². The van der Waals surface area contributed by atoms with Crippen LogP contribution in [0.15, 0.2) is 0 Å². The van der Waals surface area contributed by atoms with E-state index in [2.05, 4.69) is 10.6 Å². The number of nitrogens with one attached hydrogen (secondary N) is 2. The third-order valence-electron chi connectivity index (χ3n) is 2.59. The largest absolute Gasteiger partial charge is 0.444 e. The lowest BCUT2D eigenvalue weighted by atomic mass is 9.98. The fourth-order valence-corrected chi connectivity index (χ4v) is 1.74. The number of alkyl carbamates (subject to hydrolysis) is 1. The van der Waals surface area contributed by atoms with Gasteiger partial charge in [0, 0.05) is 25.6 Å². The predicted molar refractivity (Wildman–Crippen MR) is 60.1 cm³/mol. The summed E-state index contributed by atoms with van der Waals surface area (Å²) in [7, 11) is 0. The molecule has 0 spiro atoms. The Hall–Kier alpha value is -0.840. The van der Waals surface area contributed by atoms with Gasteiger partial charge in [0.2, 0.25) is 0 Å². The Bertz CT molecular complexity index is 241. The summed E-state index contributed by atoms with van der Waals surface area (Å²) in [5, 5.41) is 5.79. The SMILES string of the molecule is CC(C)(C)OC(=O)NC[C@@H]1CNC[C@@H]1CF. The number of amides is 1. The van der Waals surface area contributed by atoms with E-state index in [0.29, 0.717) is 13.1 Å². The van der Waals surface area contributed by atoms with Crippen LogP contribution >= 0.6 is 0 Å². The molecule has 1 rings (SSSR count). The summed E-state index contributed by atoms with van der Waals surface area (Å²) in [4.78, 5) is 11.4. The second-order valence-corrected chi connectivity index (χ2v) is 5.22. The third kappa shape index (κ3) is 4.35. The maximum absolute atomic E-state index is 12.6. The Kier molecular flexibility index (Phi) is 4.53. The van der Waals surface area contributed by atoms with Crippen molar-refractivity contribution in [1.29, 1.82) is 0 Å². The highest BCUT2D eigenvalue weighted by Crippen LogP contribution is 2.16. The zero-order chi connectivity index (χ0) is 12.2. The molecule has 4 nitrogen and oxygen atoms in total. The van der Waals surface area contributed by atoms with E-state index in [-0.39, 0.29) is 18.5 Å². The number of alkyl halides is 1. The number of carbonyl (C=O) groups excluding carboxylic acids is 1. The van der Waals surface area contributed by atoms with Crippen LogP contribution in [0.25, 0.3) is 0 Å². The molecule has 1 fully saturated rings. The molecule has 0 aromatic carbocycles. The molecule has 1 saturated heterocycles. The van der Waals surface area contributed by atoms with Gasteiger partial charge < -0.3 is 15.4 Å². The summed E-state index contributed by atoms with van der Waals surface area (Å²) in [6, 6.07) is 0. The second-order valence-electron chi connectivity index (χ2n) is 5.22. The van der Waals surface area contributed by atoms with E-state index in [4.69, 9.17) is 4.74 Å². The minimum atomic E-state index is -0.489. The molecule has 0 aliphatic carbocycles. The first-order valence-electron chi connectivity index (χ1n) is 5.66. The number of ether oxygens (including phenoxy) is 1. The Morgan fingerprint density at radius 2 is 2.06 bits per heavy atom. The Balaban J connectivity index is 2.26. The molecular formula is C11H21FN2O2. The van der Waals surface area contributed by atoms with E-state index in [1.54, 1.807) is 0 Å². The monoisotopic (exact) mass is 232 g/mol.